The van der Waals surface area contributed by atoms with Gasteiger partial charge in [-0.15, -0.1) is 5.10 Å². The highest BCUT2D eigenvalue weighted by Gasteiger charge is 2.18. The van der Waals surface area contributed by atoms with Gasteiger partial charge in [0, 0.05) is 14.1 Å². The van der Waals surface area contributed by atoms with Crippen LogP contribution in [0.25, 0.3) is 22.6 Å². The Morgan fingerprint density at radius 3 is 2.70 bits per heavy atom. The monoisotopic (exact) mass is 411 g/mol. The van der Waals surface area contributed by atoms with Gasteiger partial charge >= 0.3 is 11.7 Å². The largest absolute Gasteiger partial charge is 0.496 e. The molecule has 0 bridgehead atoms. The van der Waals surface area contributed by atoms with Crippen molar-refractivity contribution in [3.05, 3.63) is 51.4 Å². The number of aryl methyl sites for hydroxylation is 1. The third-order valence-electron chi connectivity index (χ3n) is 4.54. The minimum atomic E-state index is -0.547. The number of aromatic nitrogens is 6. The number of hydrogen-bond acceptors (Lipinski definition) is 8. The number of benzene rings is 1. The number of ether oxygens (including phenoxy) is 1. The first-order chi connectivity index (χ1) is 14.4. The molecule has 0 aliphatic rings. The normalized spacial score (nSPS) is 11.0. The fourth-order valence-electron chi connectivity index (χ4n) is 3.03. The van der Waals surface area contributed by atoms with Crippen molar-refractivity contribution in [3.8, 4) is 17.2 Å². The zero-order chi connectivity index (χ0) is 21.4. The minimum absolute atomic E-state index is 0.106. The Morgan fingerprint density at radius 1 is 1.17 bits per heavy atom. The summed E-state index contributed by atoms with van der Waals surface area (Å²) < 4.78 is 14.3. The van der Waals surface area contributed by atoms with E-state index in [2.05, 4.69) is 20.5 Å². The van der Waals surface area contributed by atoms with Crippen LogP contribution in [-0.2, 0) is 25.4 Å². The van der Waals surface area contributed by atoms with Crippen LogP contribution >= 0.6 is 0 Å². The zero-order valence-corrected chi connectivity index (χ0v) is 16.3. The molecule has 30 heavy (non-hydrogen) atoms. The molecule has 0 fully saturated rings. The SMILES string of the molecule is COc1ccccc1-c1nnc(NC(=O)Cn2cnc3c2c(=O)n(C)c(=O)n3C)o1. The Hall–Kier alpha value is -4.22. The van der Waals surface area contributed by atoms with Crippen LogP contribution in [-0.4, -0.2) is 41.9 Å². The van der Waals surface area contributed by atoms with Gasteiger partial charge in [0.15, 0.2) is 11.2 Å². The molecule has 0 aliphatic carbocycles. The van der Waals surface area contributed by atoms with Crippen LogP contribution in [0.5, 0.6) is 5.75 Å². The number of hydrogen-bond donors (Lipinski definition) is 1. The molecule has 3 aromatic heterocycles. The van der Waals surface area contributed by atoms with Crippen molar-refractivity contribution in [1.29, 1.82) is 0 Å². The lowest BCUT2D eigenvalue weighted by Gasteiger charge is -2.06. The van der Waals surface area contributed by atoms with Gasteiger partial charge in [-0.25, -0.2) is 9.78 Å². The summed E-state index contributed by atoms with van der Waals surface area (Å²) >= 11 is 0. The van der Waals surface area contributed by atoms with E-state index in [0.717, 1.165) is 4.57 Å². The Labute approximate surface area is 168 Å². The van der Waals surface area contributed by atoms with Crippen molar-refractivity contribution >= 4 is 23.1 Å². The van der Waals surface area contributed by atoms with E-state index in [1.165, 1.54) is 36.7 Å². The highest BCUT2D eigenvalue weighted by Crippen LogP contribution is 2.29. The third kappa shape index (κ3) is 3.13. The fraction of sp³-hybridized carbons (Fsp3) is 0.222. The smallest absolute Gasteiger partial charge is 0.332 e. The second-order valence-electron chi connectivity index (χ2n) is 6.41. The highest BCUT2D eigenvalue weighted by molar-refractivity contribution is 5.89. The number of fused-ring (bicyclic) bond motifs is 1. The Bertz CT molecular complexity index is 1380. The standard InChI is InChI=1S/C18H17N7O5/c1-23-14-13(16(27)24(2)18(23)28)25(9-19-14)8-12(26)20-17-22-21-15(30-17)10-6-4-5-7-11(10)29-3/h4-7,9H,8H2,1-3H3,(H,20,22,26). The molecule has 12 heteroatoms. The maximum Gasteiger partial charge on any atom is 0.332 e. The molecule has 0 aliphatic heterocycles. The first-order valence-electron chi connectivity index (χ1n) is 8.78. The van der Waals surface area contributed by atoms with Crippen LogP contribution in [0.4, 0.5) is 6.01 Å². The van der Waals surface area contributed by atoms with Gasteiger partial charge in [0.05, 0.1) is 19.0 Å². The Balaban J connectivity index is 1.58. The lowest BCUT2D eigenvalue weighted by Crippen LogP contribution is -2.37. The van der Waals surface area contributed by atoms with Crippen LogP contribution in [0.15, 0.2) is 44.6 Å². The molecule has 12 nitrogen and oxygen atoms in total. The van der Waals surface area contributed by atoms with Crippen molar-refractivity contribution in [3.63, 3.8) is 0 Å². The van der Waals surface area contributed by atoms with E-state index in [-0.39, 0.29) is 29.6 Å². The van der Waals surface area contributed by atoms with Crippen molar-refractivity contribution in [1.82, 2.24) is 28.9 Å². The van der Waals surface area contributed by atoms with Crippen molar-refractivity contribution in [2.24, 2.45) is 14.1 Å². The van der Waals surface area contributed by atoms with Crippen LogP contribution in [0, 0.1) is 0 Å². The predicted octanol–water partition coefficient (Wildman–Crippen LogP) is 0.131. The van der Waals surface area contributed by atoms with E-state index >= 15 is 0 Å². The number of rotatable bonds is 5. The minimum Gasteiger partial charge on any atom is -0.496 e. The molecule has 4 rings (SSSR count). The summed E-state index contributed by atoms with van der Waals surface area (Å²) in [6, 6.07) is 6.98. The maximum atomic E-state index is 12.5. The second-order valence-corrected chi connectivity index (χ2v) is 6.41. The number of carbonyl (C=O) groups is 1. The van der Waals surface area contributed by atoms with E-state index in [1.807, 2.05) is 0 Å². The average molecular weight is 411 g/mol. The topological polar surface area (TPSA) is 139 Å². The van der Waals surface area contributed by atoms with Crippen molar-refractivity contribution in [2.75, 3.05) is 12.4 Å². The predicted molar refractivity (Wildman–Crippen MR) is 105 cm³/mol. The van der Waals surface area contributed by atoms with Crippen LogP contribution in [0.1, 0.15) is 0 Å². The Morgan fingerprint density at radius 2 is 1.93 bits per heavy atom. The number of nitrogens with one attached hydrogen (secondary N) is 1. The van der Waals surface area contributed by atoms with Crippen molar-refractivity contribution in [2.45, 2.75) is 6.54 Å². The van der Waals surface area contributed by atoms with Gasteiger partial charge in [-0.3, -0.25) is 24.0 Å². The van der Waals surface area contributed by atoms with Crippen LogP contribution < -0.4 is 21.3 Å². The van der Waals surface area contributed by atoms with Gasteiger partial charge in [-0.1, -0.05) is 17.2 Å². The maximum absolute atomic E-state index is 12.5. The van der Waals surface area contributed by atoms with Crippen LogP contribution in [0.3, 0.4) is 0 Å². The van der Waals surface area contributed by atoms with E-state index in [1.54, 1.807) is 24.3 Å². The number of methoxy groups -OCH3 is 1. The van der Waals surface area contributed by atoms with Gasteiger partial charge in [0.1, 0.15) is 12.3 Å². The summed E-state index contributed by atoms with van der Waals surface area (Å²) in [4.78, 5) is 41.0. The molecule has 1 N–H and O–H groups in total. The zero-order valence-electron chi connectivity index (χ0n) is 16.3. The summed E-state index contributed by atoms with van der Waals surface area (Å²) in [6.45, 7) is -0.240. The lowest BCUT2D eigenvalue weighted by molar-refractivity contribution is -0.116. The summed E-state index contributed by atoms with van der Waals surface area (Å²) in [5.74, 6) is 0.213. The molecular formula is C18H17N7O5. The quantitative estimate of drug-likeness (QED) is 0.489. The number of amides is 1. The number of anilines is 1. The lowest BCUT2D eigenvalue weighted by atomic mass is 10.2. The molecule has 3 heterocycles. The van der Waals surface area contributed by atoms with Crippen LogP contribution in [0.2, 0.25) is 0 Å². The van der Waals surface area contributed by atoms with Crippen molar-refractivity contribution < 1.29 is 13.9 Å². The molecule has 0 unspecified atom stereocenters. The molecule has 154 valence electrons. The second kappa shape index (κ2) is 7.31. The molecule has 0 saturated carbocycles. The average Bonchev–Trinajstić information content (AvgIpc) is 3.38. The number of nitrogens with zero attached hydrogens (tertiary/aromatic N) is 6. The van der Waals surface area contributed by atoms with E-state index in [4.69, 9.17) is 9.15 Å². The number of imidazole rings is 1. The summed E-state index contributed by atoms with van der Waals surface area (Å²) in [7, 11) is 4.38. The highest BCUT2D eigenvalue weighted by atomic mass is 16.5. The Kier molecular flexibility index (Phi) is 4.66. The first-order valence-corrected chi connectivity index (χ1v) is 8.78. The fourth-order valence-corrected chi connectivity index (χ4v) is 3.03. The van der Waals surface area contributed by atoms with Gasteiger partial charge in [0.2, 0.25) is 5.91 Å². The molecule has 1 aromatic carbocycles. The molecular weight excluding hydrogens is 394 g/mol. The number of carbonyl (C=O) groups excluding carboxylic acids is 1. The van der Waals surface area contributed by atoms with Gasteiger partial charge in [-0.2, -0.15) is 0 Å². The van der Waals surface area contributed by atoms with E-state index in [9.17, 15) is 14.4 Å². The molecule has 1 amide bonds. The molecule has 0 spiro atoms. The summed E-state index contributed by atoms with van der Waals surface area (Å²) in [5, 5.41) is 10.2. The number of para-hydroxylation sites is 1. The molecule has 0 radical (unpaired) electrons. The molecule has 0 atom stereocenters. The van der Waals surface area contributed by atoms with E-state index in [0.29, 0.717) is 11.3 Å². The van der Waals surface area contributed by atoms with E-state index < -0.39 is 17.2 Å². The molecule has 0 saturated heterocycles. The summed E-state index contributed by atoms with van der Waals surface area (Å²) in [5.41, 5.74) is -0.147. The van der Waals surface area contributed by atoms with Gasteiger partial charge in [-0.05, 0) is 12.1 Å². The van der Waals surface area contributed by atoms with Gasteiger partial charge in [0.25, 0.3) is 11.4 Å². The third-order valence-corrected chi connectivity index (χ3v) is 4.54. The molecule has 4 aromatic rings. The first kappa shape index (κ1) is 19.1. The summed E-state index contributed by atoms with van der Waals surface area (Å²) in [6.07, 6.45) is 1.32. The van der Waals surface area contributed by atoms with Gasteiger partial charge < -0.3 is 13.7 Å².